The molecular weight excluding hydrogens is 386 g/mol. The highest BCUT2D eigenvalue weighted by Gasteiger charge is 2.24. The van der Waals surface area contributed by atoms with Crippen LogP contribution >= 0.6 is 0 Å². The number of nitrogens with zero attached hydrogens (tertiary/aromatic N) is 3. The normalized spacial score (nSPS) is 11.7. The van der Waals surface area contributed by atoms with Crippen LogP contribution in [0.4, 0.5) is 5.82 Å². The molecule has 0 spiro atoms. The van der Waals surface area contributed by atoms with Gasteiger partial charge in [0.15, 0.2) is 6.04 Å². The van der Waals surface area contributed by atoms with E-state index < -0.39 is 17.9 Å². The highest BCUT2D eigenvalue weighted by molar-refractivity contribution is 6.01. The molecule has 0 aliphatic heterocycles. The maximum atomic E-state index is 12.8. The molecule has 1 amide bonds. The summed E-state index contributed by atoms with van der Waals surface area (Å²) in [6.07, 6.45) is 5.01. The largest absolute Gasteiger partial charge is 0.467 e. The van der Waals surface area contributed by atoms with E-state index in [1.807, 2.05) is 30.3 Å². The summed E-state index contributed by atoms with van der Waals surface area (Å²) in [6.45, 7) is 0.243. The van der Waals surface area contributed by atoms with Gasteiger partial charge in [-0.25, -0.2) is 9.78 Å². The summed E-state index contributed by atoms with van der Waals surface area (Å²) in [5.74, 6) is -1.12. The summed E-state index contributed by atoms with van der Waals surface area (Å²) < 4.78 is 12.0. The molecule has 9 nitrogen and oxygen atoms in total. The van der Waals surface area contributed by atoms with Gasteiger partial charge in [-0.1, -0.05) is 30.3 Å². The van der Waals surface area contributed by atoms with Crippen molar-refractivity contribution in [2.24, 2.45) is 7.05 Å². The summed E-state index contributed by atoms with van der Waals surface area (Å²) in [6, 6.07) is 10.1. The third-order valence-corrected chi connectivity index (χ3v) is 4.39. The van der Waals surface area contributed by atoms with E-state index in [9.17, 15) is 9.59 Å². The number of aromatic nitrogens is 3. The molecule has 156 valence electrons. The fourth-order valence-corrected chi connectivity index (χ4v) is 2.80. The van der Waals surface area contributed by atoms with Crippen molar-refractivity contribution in [1.29, 1.82) is 0 Å². The van der Waals surface area contributed by atoms with E-state index in [1.54, 1.807) is 36.4 Å². The second-order valence-corrected chi connectivity index (χ2v) is 6.61. The Hall–Kier alpha value is -3.72. The van der Waals surface area contributed by atoms with Crippen LogP contribution in [0.15, 0.2) is 55.0 Å². The Morgan fingerprint density at radius 1 is 1.20 bits per heavy atom. The van der Waals surface area contributed by atoms with Gasteiger partial charge in [-0.2, -0.15) is 5.10 Å². The Labute approximate surface area is 173 Å². The smallest absolute Gasteiger partial charge is 0.330 e. The van der Waals surface area contributed by atoms with Crippen LogP contribution in [0.3, 0.4) is 0 Å². The van der Waals surface area contributed by atoms with E-state index in [0.717, 1.165) is 11.1 Å². The van der Waals surface area contributed by atoms with Gasteiger partial charge < -0.3 is 20.5 Å². The second kappa shape index (κ2) is 9.66. The van der Waals surface area contributed by atoms with Crippen LogP contribution < -0.4 is 11.1 Å². The number of ether oxygens (including phenoxy) is 2. The van der Waals surface area contributed by atoms with Crippen molar-refractivity contribution in [1.82, 2.24) is 20.1 Å². The number of rotatable bonds is 8. The zero-order valence-electron chi connectivity index (χ0n) is 16.7. The summed E-state index contributed by atoms with van der Waals surface area (Å²) in [4.78, 5) is 29.0. The van der Waals surface area contributed by atoms with Crippen LogP contribution in [0.1, 0.15) is 15.9 Å². The van der Waals surface area contributed by atoms with E-state index in [4.69, 9.17) is 15.2 Å². The van der Waals surface area contributed by atoms with Crippen LogP contribution in [0, 0.1) is 0 Å². The molecule has 9 heteroatoms. The SMILES string of the molecule is COC(=O)[C@H](COCc1ccccc1)NC(=O)c1cc(-c2cnn(C)c2)cnc1N. The number of methoxy groups -OCH3 is 1. The van der Waals surface area contributed by atoms with Crippen molar-refractivity contribution in [2.45, 2.75) is 12.6 Å². The van der Waals surface area contributed by atoms with E-state index >= 15 is 0 Å². The first-order chi connectivity index (χ1) is 14.5. The van der Waals surface area contributed by atoms with E-state index in [1.165, 1.54) is 7.11 Å². The average Bonchev–Trinajstić information content (AvgIpc) is 3.19. The number of esters is 1. The maximum absolute atomic E-state index is 12.8. The number of benzene rings is 1. The lowest BCUT2D eigenvalue weighted by Gasteiger charge is -2.17. The van der Waals surface area contributed by atoms with Crippen molar-refractivity contribution in [3.63, 3.8) is 0 Å². The predicted molar refractivity (Wildman–Crippen MR) is 110 cm³/mol. The highest BCUT2D eigenvalue weighted by atomic mass is 16.5. The number of carbonyl (C=O) groups is 2. The maximum Gasteiger partial charge on any atom is 0.330 e. The van der Waals surface area contributed by atoms with Crippen LogP contribution in [0.2, 0.25) is 0 Å². The molecule has 1 atom stereocenters. The molecule has 0 bridgehead atoms. The number of carbonyl (C=O) groups excluding carboxylic acids is 2. The molecule has 1 aromatic carbocycles. The molecule has 0 saturated heterocycles. The molecule has 30 heavy (non-hydrogen) atoms. The molecule has 0 unspecified atom stereocenters. The molecule has 0 aliphatic rings. The van der Waals surface area contributed by atoms with Crippen molar-refractivity contribution in [2.75, 3.05) is 19.5 Å². The minimum absolute atomic E-state index is 0.0500. The molecule has 2 aromatic heterocycles. The van der Waals surface area contributed by atoms with Crippen LogP contribution in [-0.4, -0.2) is 46.4 Å². The van der Waals surface area contributed by atoms with E-state index in [2.05, 4.69) is 15.4 Å². The number of hydrogen-bond donors (Lipinski definition) is 2. The first kappa shape index (κ1) is 21.0. The zero-order chi connectivity index (χ0) is 21.5. The summed E-state index contributed by atoms with van der Waals surface area (Å²) in [7, 11) is 3.04. The van der Waals surface area contributed by atoms with Gasteiger partial charge >= 0.3 is 5.97 Å². The number of nitrogen functional groups attached to an aromatic ring is 1. The molecule has 3 rings (SSSR count). The summed E-state index contributed by atoms with van der Waals surface area (Å²) in [5.41, 5.74) is 8.45. The number of nitrogens with two attached hydrogens (primary N) is 1. The average molecular weight is 409 g/mol. The van der Waals surface area contributed by atoms with Gasteiger partial charge in [0, 0.05) is 30.6 Å². The molecule has 3 N–H and O–H groups in total. The van der Waals surface area contributed by atoms with Crippen LogP contribution in [-0.2, 0) is 27.9 Å². The number of anilines is 1. The number of amides is 1. The molecule has 0 saturated carbocycles. The van der Waals surface area contributed by atoms with E-state index in [0.29, 0.717) is 12.2 Å². The van der Waals surface area contributed by atoms with Crippen LogP contribution in [0.5, 0.6) is 0 Å². The van der Waals surface area contributed by atoms with Crippen molar-refractivity contribution < 1.29 is 19.1 Å². The zero-order valence-corrected chi connectivity index (χ0v) is 16.7. The van der Waals surface area contributed by atoms with Crippen molar-refractivity contribution in [3.8, 4) is 11.1 Å². The fourth-order valence-electron chi connectivity index (χ4n) is 2.80. The topological polar surface area (TPSA) is 121 Å². The monoisotopic (exact) mass is 409 g/mol. The van der Waals surface area contributed by atoms with Gasteiger partial charge in [-0.05, 0) is 11.6 Å². The molecule has 3 aromatic rings. The molecule has 2 heterocycles. The van der Waals surface area contributed by atoms with Crippen molar-refractivity contribution >= 4 is 17.7 Å². The minimum Gasteiger partial charge on any atom is -0.467 e. The number of aryl methyl sites for hydroxylation is 1. The van der Waals surface area contributed by atoms with Gasteiger partial charge in [0.05, 0.1) is 32.1 Å². The summed E-state index contributed by atoms with van der Waals surface area (Å²) >= 11 is 0. The molecule has 0 aliphatic carbocycles. The summed E-state index contributed by atoms with van der Waals surface area (Å²) in [5, 5.41) is 6.73. The van der Waals surface area contributed by atoms with E-state index in [-0.39, 0.29) is 18.0 Å². The first-order valence-corrected chi connectivity index (χ1v) is 9.23. The Morgan fingerprint density at radius 3 is 2.63 bits per heavy atom. The third-order valence-electron chi connectivity index (χ3n) is 4.39. The number of pyridine rings is 1. The Morgan fingerprint density at radius 2 is 1.97 bits per heavy atom. The van der Waals surface area contributed by atoms with Gasteiger partial charge in [-0.15, -0.1) is 0 Å². The number of nitrogens with one attached hydrogen (secondary N) is 1. The first-order valence-electron chi connectivity index (χ1n) is 9.23. The van der Waals surface area contributed by atoms with Gasteiger partial charge in [0.1, 0.15) is 5.82 Å². The van der Waals surface area contributed by atoms with Gasteiger partial charge in [0.25, 0.3) is 5.91 Å². The quantitative estimate of drug-likeness (QED) is 0.541. The lowest BCUT2D eigenvalue weighted by molar-refractivity contribution is -0.144. The Bertz CT molecular complexity index is 1020. The fraction of sp³-hybridized carbons (Fsp3) is 0.238. The molecule has 0 radical (unpaired) electrons. The van der Waals surface area contributed by atoms with Crippen molar-refractivity contribution in [3.05, 3.63) is 66.1 Å². The third kappa shape index (κ3) is 5.21. The standard InChI is InChI=1S/C21H23N5O4/c1-26-11-16(10-24-26)15-8-17(19(22)23-9-15)20(27)25-18(21(28)29-2)13-30-12-14-6-4-3-5-7-14/h3-11,18H,12-13H2,1-2H3,(H2,22,23)(H,25,27)/t18-/m0/s1. The minimum atomic E-state index is -0.993. The Kier molecular flexibility index (Phi) is 6.76. The lowest BCUT2D eigenvalue weighted by Crippen LogP contribution is -2.45. The Balaban J connectivity index is 1.71. The number of hydrogen-bond acceptors (Lipinski definition) is 7. The second-order valence-electron chi connectivity index (χ2n) is 6.61. The predicted octanol–water partition coefficient (Wildman–Crippen LogP) is 1.55. The lowest BCUT2D eigenvalue weighted by atomic mass is 10.1. The molecule has 0 fully saturated rings. The molecular formula is C21H23N5O4. The van der Waals surface area contributed by atoms with Gasteiger partial charge in [-0.3, -0.25) is 9.48 Å². The van der Waals surface area contributed by atoms with Crippen LogP contribution in [0.25, 0.3) is 11.1 Å². The highest BCUT2D eigenvalue weighted by Crippen LogP contribution is 2.21. The van der Waals surface area contributed by atoms with Gasteiger partial charge in [0.2, 0.25) is 0 Å².